The van der Waals surface area contributed by atoms with Crippen LogP contribution in [0.15, 0.2) is 48.9 Å². The van der Waals surface area contributed by atoms with Crippen LogP contribution in [-0.2, 0) is 9.59 Å². The number of hydrogen-bond acceptors (Lipinski definition) is 5. The monoisotopic (exact) mass is 354 g/mol. The molecule has 0 aliphatic carbocycles. The van der Waals surface area contributed by atoms with Crippen LogP contribution in [0.1, 0.15) is 24.3 Å². The molecule has 1 saturated heterocycles. The van der Waals surface area contributed by atoms with Crippen LogP contribution in [0.5, 0.6) is 0 Å². The van der Waals surface area contributed by atoms with Crippen molar-refractivity contribution in [1.82, 2.24) is 15.3 Å². The van der Waals surface area contributed by atoms with Gasteiger partial charge in [-0.1, -0.05) is 30.3 Å². The maximum atomic E-state index is 12.4. The van der Waals surface area contributed by atoms with Gasteiger partial charge in [0.2, 0.25) is 5.91 Å². The molecule has 7 heteroatoms. The number of piperidine rings is 1. The number of hydrogen-bond donors (Lipinski definition) is 2. The Bertz CT molecular complexity index is 731. The number of carbonyl (C=O) groups excluding carboxylic acids is 1. The molecule has 3 rings (SSSR count). The summed E-state index contributed by atoms with van der Waals surface area (Å²) in [6.45, 7) is 1.57. The molecular formula is C19H22N4O3. The first-order valence-corrected chi connectivity index (χ1v) is 8.71. The van der Waals surface area contributed by atoms with Crippen molar-refractivity contribution in [3.8, 4) is 0 Å². The summed E-state index contributed by atoms with van der Waals surface area (Å²) in [4.78, 5) is 34.4. The lowest BCUT2D eigenvalue weighted by atomic mass is 9.95. The highest BCUT2D eigenvalue weighted by molar-refractivity contribution is 5.81. The fourth-order valence-corrected chi connectivity index (χ4v) is 3.21. The van der Waals surface area contributed by atoms with Crippen molar-refractivity contribution in [1.29, 1.82) is 0 Å². The van der Waals surface area contributed by atoms with Crippen molar-refractivity contribution in [2.24, 2.45) is 5.92 Å². The summed E-state index contributed by atoms with van der Waals surface area (Å²) in [5.74, 6) is -1.03. The van der Waals surface area contributed by atoms with Gasteiger partial charge >= 0.3 is 5.97 Å². The van der Waals surface area contributed by atoms with Crippen molar-refractivity contribution in [2.75, 3.05) is 24.5 Å². The zero-order chi connectivity index (χ0) is 18.4. The average molecular weight is 354 g/mol. The summed E-state index contributed by atoms with van der Waals surface area (Å²) in [6, 6.07) is 8.98. The molecule has 1 unspecified atom stereocenters. The molecule has 2 N–H and O–H groups in total. The molecule has 1 aromatic carbocycles. The highest BCUT2D eigenvalue weighted by Crippen LogP contribution is 2.22. The second-order valence-corrected chi connectivity index (χ2v) is 6.37. The normalized spacial score (nSPS) is 16.1. The number of anilines is 1. The van der Waals surface area contributed by atoms with E-state index < -0.39 is 11.9 Å². The predicted octanol–water partition coefficient (Wildman–Crippen LogP) is 1.68. The SMILES string of the molecule is O=C(NCC(C(=O)O)c1ccccc1)C1CCN(c2cnccn2)CC1. The van der Waals surface area contributed by atoms with Crippen LogP contribution in [0.25, 0.3) is 0 Å². The van der Waals surface area contributed by atoms with E-state index in [2.05, 4.69) is 20.2 Å². The van der Waals surface area contributed by atoms with Crippen molar-refractivity contribution in [3.05, 3.63) is 54.5 Å². The Kier molecular flexibility index (Phi) is 5.78. The number of rotatable bonds is 6. The molecule has 1 aromatic heterocycles. The number of carboxylic acid groups (broad SMARTS) is 1. The van der Waals surface area contributed by atoms with E-state index in [4.69, 9.17) is 0 Å². The van der Waals surface area contributed by atoms with Gasteiger partial charge in [-0.05, 0) is 18.4 Å². The maximum Gasteiger partial charge on any atom is 0.312 e. The number of aliphatic carboxylic acids is 1. The average Bonchev–Trinajstić information content (AvgIpc) is 2.69. The highest BCUT2D eigenvalue weighted by Gasteiger charge is 2.27. The Balaban J connectivity index is 1.52. The number of carbonyl (C=O) groups is 2. The molecule has 0 spiro atoms. The van der Waals surface area contributed by atoms with Gasteiger partial charge in [-0.15, -0.1) is 0 Å². The third-order valence-electron chi connectivity index (χ3n) is 4.72. The van der Waals surface area contributed by atoms with Crippen LogP contribution in [0, 0.1) is 5.92 Å². The smallest absolute Gasteiger partial charge is 0.312 e. The Morgan fingerprint density at radius 3 is 2.54 bits per heavy atom. The van der Waals surface area contributed by atoms with Gasteiger partial charge in [-0.3, -0.25) is 14.6 Å². The zero-order valence-corrected chi connectivity index (χ0v) is 14.4. The standard InChI is InChI=1S/C19H22N4O3/c24-18(22-12-16(19(25)26)14-4-2-1-3-5-14)15-6-10-23(11-7-15)17-13-20-8-9-21-17/h1-5,8-9,13,15-16H,6-7,10-12H2,(H,22,24)(H,25,26). The number of amides is 1. The molecule has 1 amide bonds. The van der Waals surface area contributed by atoms with E-state index in [0.717, 1.165) is 18.9 Å². The lowest BCUT2D eigenvalue weighted by Crippen LogP contribution is -2.42. The lowest BCUT2D eigenvalue weighted by Gasteiger charge is -2.32. The number of carboxylic acids is 1. The second-order valence-electron chi connectivity index (χ2n) is 6.37. The summed E-state index contributed by atoms with van der Waals surface area (Å²) in [7, 11) is 0. The fraction of sp³-hybridized carbons (Fsp3) is 0.368. The van der Waals surface area contributed by atoms with Gasteiger partial charge in [-0.2, -0.15) is 0 Å². The number of aromatic nitrogens is 2. The first kappa shape index (κ1) is 17.8. The largest absolute Gasteiger partial charge is 0.481 e. The lowest BCUT2D eigenvalue weighted by molar-refractivity contribution is -0.138. The molecule has 136 valence electrons. The molecule has 7 nitrogen and oxygen atoms in total. The van der Waals surface area contributed by atoms with Gasteiger partial charge in [0.25, 0.3) is 0 Å². The quantitative estimate of drug-likeness (QED) is 0.819. The molecule has 1 atom stereocenters. The summed E-state index contributed by atoms with van der Waals surface area (Å²) in [5, 5.41) is 12.3. The van der Waals surface area contributed by atoms with Crippen molar-refractivity contribution < 1.29 is 14.7 Å². The molecule has 0 bridgehead atoms. The molecule has 0 saturated carbocycles. The third kappa shape index (κ3) is 4.36. The molecule has 26 heavy (non-hydrogen) atoms. The Morgan fingerprint density at radius 1 is 1.19 bits per heavy atom. The summed E-state index contributed by atoms with van der Waals surface area (Å²) in [5.41, 5.74) is 0.692. The van der Waals surface area contributed by atoms with Crippen LogP contribution < -0.4 is 10.2 Å². The van der Waals surface area contributed by atoms with Gasteiger partial charge in [-0.25, -0.2) is 4.98 Å². The molecule has 1 aliphatic heterocycles. The second kappa shape index (κ2) is 8.42. The molecule has 1 fully saturated rings. The maximum absolute atomic E-state index is 12.4. The van der Waals surface area contributed by atoms with Crippen LogP contribution in [-0.4, -0.2) is 46.6 Å². The van der Waals surface area contributed by atoms with Gasteiger partial charge in [0.1, 0.15) is 5.82 Å². The number of nitrogens with zero attached hydrogens (tertiary/aromatic N) is 3. The topological polar surface area (TPSA) is 95.4 Å². The number of benzene rings is 1. The third-order valence-corrected chi connectivity index (χ3v) is 4.72. The van der Waals surface area contributed by atoms with E-state index in [9.17, 15) is 14.7 Å². The summed E-state index contributed by atoms with van der Waals surface area (Å²) in [6.07, 6.45) is 6.44. The van der Waals surface area contributed by atoms with Gasteiger partial charge in [0, 0.05) is 37.9 Å². The Labute approximate surface area is 152 Å². The van der Waals surface area contributed by atoms with E-state index in [1.54, 1.807) is 42.9 Å². The van der Waals surface area contributed by atoms with Crippen LogP contribution in [0.4, 0.5) is 5.82 Å². The van der Waals surface area contributed by atoms with E-state index in [1.807, 2.05) is 6.07 Å². The predicted molar refractivity (Wildman–Crippen MR) is 96.8 cm³/mol. The van der Waals surface area contributed by atoms with Gasteiger partial charge < -0.3 is 15.3 Å². The van der Waals surface area contributed by atoms with Gasteiger partial charge in [0.15, 0.2) is 0 Å². The van der Waals surface area contributed by atoms with E-state index in [1.165, 1.54) is 0 Å². The zero-order valence-electron chi connectivity index (χ0n) is 14.4. The van der Waals surface area contributed by atoms with Crippen LogP contribution in [0.2, 0.25) is 0 Å². The minimum absolute atomic E-state index is 0.0778. The van der Waals surface area contributed by atoms with Crippen LogP contribution in [0.3, 0.4) is 0 Å². The Morgan fingerprint density at radius 2 is 1.92 bits per heavy atom. The minimum atomic E-state index is -0.936. The van der Waals surface area contributed by atoms with E-state index in [0.29, 0.717) is 18.4 Å². The Hall–Kier alpha value is -2.96. The van der Waals surface area contributed by atoms with E-state index in [-0.39, 0.29) is 18.4 Å². The summed E-state index contributed by atoms with van der Waals surface area (Å²) >= 11 is 0. The molecule has 2 heterocycles. The minimum Gasteiger partial charge on any atom is -0.481 e. The number of nitrogens with one attached hydrogen (secondary N) is 1. The van der Waals surface area contributed by atoms with Crippen molar-refractivity contribution in [3.63, 3.8) is 0 Å². The highest BCUT2D eigenvalue weighted by atomic mass is 16.4. The van der Waals surface area contributed by atoms with Crippen molar-refractivity contribution >= 4 is 17.7 Å². The van der Waals surface area contributed by atoms with Gasteiger partial charge in [0.05, 0.1) is 12.1 Å². The molecule has 0 radical (unpaired) electrons. The molecule has 1 aliphatic rings. The fourth-order valence-electron chi connectivity index (χ4n) is 3.21. The summed E-state index contributed by atoms with van der Waals surface area (Å²) < 4.78 is 0. The molecule has 2 aromatic rings. The van der Waals surface area contributed by atoms with Crippen molar-refractivity contribution in [2.45, 2.75) is 18.8 Å². The van der Waals surface area contributed by atoms with E-state index >= 15 is 0 Å². The first-order chi connectivity index (χ1) is 12.6. The molecular weight excluding hydrogens is 332 g/mol. The van der Waals surface area contributed by atoms with Crippen LogP contribution >= 0.6 is 0 Å². The first-order valence-electron chi connectivity index (χ1n) is 8.71.